The third kappa shape index (κ3) is 4.23. The lowest BCUT2D eigenvalue weighted by atomic mass is 10.1. The first-order valence-electron chi connectivity index (χ1n) is 6.54. The minimum atomic E-state index is 0.0956. The minimum Gasteiger partial charge on any atom is -0.308 e. The Morgan fingerprint density at radius 2 is 2.00 bits per heavy atom. The van der Waals surface area contributed by atoms with Crippen LogP contribution < -0.4 is 5.32 Å². The minimum absolute atomic E-state index is 0.0956. The van der Waals surface area contributed by atoms with Crippen LogP contribution in [0.1, 0.15) is 31.9 Å². The van der Waals surface area contributed by atoms with Crippen molar-refractivity contribution in [3.8, 4) is 0 Å². The molecule has 2 aromatic rings. The smallest absolute Gasteiger partial charge is 0.0674 e. The first-order valence-corrected chi connectivity index (χ1v) is 7.30. The summed E-state index contributed by atoms with van der Waals surface area (Å²) in [5, 5.41) is 8.96. The Bertz CT molecular complexity index is 585. The first-order chi connectivity index (χ1) is 9.35. The zero-order valence-electron chi connectivity index (χ0n) is 12.0. The maximum atomic E-state index is 6.19. The fourth-order valence-electron chi connectivity index (χ4n) is 1.80. The van der Waals surface area contributed by atoms with Crippen LogP contribution in [0.5, 0.6) is 0 Å². The van der Waals surface area contributed by atoms with Crippen molar-refractivity contribution in [1.29, 1.82) is 0 Å². The number of nitrogens with one attached hydrogen (secondary N) is 1. The van der Waals surface area contributed by atoms with Gasteiger partial charge in [-0.05, 0) is 32.4 Å². The van der Waals surface area contributed by atoms with E-state index in [0.717, 1.165) is 17.7 Å². The van der Waals surface area contributed by atoms with Crippen molar-refractivity contribution in [2.45, 2.75) is 39.4 Å². The van der Waals surface area contributed by atoms with E-state index in [9.17, 15) is 0 Å². The molecule has 0 atom stereocenters. The molecule has 108 valence electrons. The van der Waals surface area contributed by atoms with Gasteiger partial charge in [-0.3, -0.25) is 4.68 Å². The Hall–Kier alpha value is -1.03. The molecule has 0 aliphatic carbocycles. The highest BCUT2D eigenvalue weighted by molar-refractivity contribution is 6.42. The molecule has 0 aliphatic heterocycles. The predicted octanol–water partition coefficient (Wildman–Crippen LogP) is 4.13. The van der Waals surface area contributed by atoms with Gasteiger partial charge in [-0.15, -0.1) is 0 Å². The van der Waals surface area contributed by atoms with Crippen LogP contribution in [0.3, 0.4) is 0 Å². The molecule has 0 fully saturated rings. The Labute approximate surface area is 129 Å². The molecule has 0 saturated carbocycles. The molecule has 5 heteroatoms. The van der Waals surface area contributed by atoms with E-state index in [2.05, 4.69) is 31.2 Å². The van der Waals surface area contributed by atoms with Crippen molar-refractivity contribution in [2.24, 2.45) is 0 Å². The lowest BCUT2D eigenvalue weighted by Gasteiger charge is -2.19. The van der Waals surface area contributed by atoms with Gasteiger partial charge in [0.05, 0.1) is 22.8 Å². The standard InChI is InChI=1S/C15H19Cl2N3/c1-15(2,3)18-7-11-8-19-20(9-11)10-12-5-4-6-13(16)14(12)17/h4-6,8-9,18H,7,10H2,1-3H3. The van der Waals surface area contributed by atoms with Crippen molar-refractivity contribution in [2.75, 3.05) is 0 Å². The second kappa shape index (κ2) is 6.17. The zero-order chi connectivity index (χ0) is 14.8. The summed E-state index contributed by atoms with van der Waals surface area (Å²) in [6, 6.07) is 5.65. The van der Waals surface area contributed by atoms with Crippen molar-refractivity contribution in [3.63, 3.8) is 0 Å². The van der Waals surface area contributed by atoms with E-state index < -0.39 is 0 Å². The molecule has 2 rings (SSSR count). The molecule has 0 aliphatic rings. The van der Waals surface area contributed by atoms with E-state index in [1.54, 1.807) is 6.07 Å². The van der Waals surface area contributed by atoms with Gasteiger partial charge in [0.2, 0.25) is 0 Å². The normalized spacial score (nSPS) is 11.8. The summed E-state index contributed by atoms with van der Waals surface area (Å²) in [5.41, 5.74) is 2.22. The molecular weight excluding hydrogens is 293 g/mol. The quantitative estimate of drug-likeness (QED) is 0.920. The maximum Gasteiger partial charge on any atom is 0.0674 e. The lowest BCUT2D eigenvalue weighted by molar-refractivity contribution is 0.424. The summed E-state index contributed by atoms with van der Waals surface area (Å²) in [7, 11) is 0. The predicted molar refractivity (Wildman–Crippen MR) is 84.4 cm³/mol. The van der Waals surface area contributed by atoms with Crippen molar-refractivity contribution in [3.05, 3.63) is 51.8 Å². The van der Waals surface area contributed by atoms with Crippen LogP contribution in [0.2, 0.25) is 10.0 Å². The Morgan fingerprint density at radius 3 is 2.70 bits per heavy atom. The second-order valence-corrected chi connectivity index (χ2v) is 6.65. The Morgan fingerprint density at radius 1 is 1.25 bits per heavy atom. The zero-order valence-corrected chi connectivity index (χ0v) is 13.5. The fourth-order valence-corrected chi connectivity index (χ4v) is 2.18. The highest BCUT2D eigenvalue weighted by atomic mass is 35.5. The number of benzene rings is 1. The van der Waals surface area contributed by atoms with Crippen LogP contribution in [0, 0.1) is 0 Å². The lowest BCUT2D eigenvalue weighted by Crippen LogP contribution is -2.34. The Balaban J connectivity index is 2.04. The molecule has 0 saturated heterocycles. The summed E-state index contributed by atoms with van der Waals surface area (Å²) in [6.07, 6.45) is 3.90. The van der Waals surface area contributed by atoms with Gasteiger partial charge in [-0.25, -0.2) is 0 Å². The molecule has 0 spiro atoms. The van der Waals surface area contributed by atoms with E-state index in [-0.39, 0.29) is 5.54 Å². The van der Waals surface area contributed by atoms with E-state index in [0.29, 0.717) is 16.6 Å². The molecule has 0 amide bonds. The van der Waals surface area contributed by atoms with Crippen molar-refractivity contribution < 1.29 is 0 Å². The maximum absolute atomic E-state index is 6.19. The van der Waals surface area contributed by atoms with Crippen LogP contribution in [0.15, 0.2) is 30.6 Å². The number of rotatable bonds is 4. The monoisotopic (exact) mass is 311 g/mol. The highest BCUT2D eigenvalue weighted by Gasteiger charge is 2.10. The topological polar surface area (TPSA) is 29.9 Å². The van der Waals surface area contributed by atoms with Gasteiger partial charge in [0.1, 0.15) is 0 Å². The average molecular weight is 312 g/mol. The number of hydrogen-bond acceptors (Lipinski definition) is 2. The van der Waals surface area contributed by atoms with E-state index >= 15 is 0 Å². The molecule has 20 heavy (non-hydrogen) atoms. The molecule has 3 nitrogen and oxygen atoms in total. The van der Waals surface area contributed by atoms with Crippen molar-refractivity contribution >= 4 is 23.2 Å². The number of hydrogen-bond donors (Lipinski definition) is 1. The largest absolute Gasteiger partial charge is 0.308 e. The third-order valence-electron chi connectivity index (χ3n) is 2.87. The molecule has 0 bridgehead atoms. The molecule has 0 unspecified atom stereocenters. The number of halogens is 2. The SMILES string of the molecule is CC(C)(C)NCc1cnn(Cc2cccc(Cl)c2Cl)c1. The summed E-state index contributed by atoms with van der Waals surface area (Å²) in [4.78, 5) is 0. The summed E-state index contributed by atoms with van der Waals surface area (Å²) >= 11 is 12.2. The summed E-state index contributed by atoms with van der Waals surface area (Å²) in [5.74, 6) is 0. The average Bonchev–Trinajstić information content (AvgIpc) is 2.80. The molecule has 0 radical (unpaired) electrons. The van der Waals surface area contributed by atoms with E-state index in [4.69, 9.17) is 23.2 Å². The molecule has 1 aromatic heterocycles. The van der Waals surface area contributed by atoms with Crippen LogP contribution in [-0.4, -0.2) is 15.3 Å². The second-order valence-electron chi connectivity index (χ2n) is 5.86. The third-order valence-corrected chi connectivity index (χ3v) is 3.73. The molecule has 1 heterocycles. The molecule has 1 N–H and O–H groups in total. The van der Waals surface area contributed by atoms with Gasteiger partial charge in [0.25, 0.3) is 0 Å². The van der Waals surface area contributed by atoms with Gasteiger partial charge in [0.15, 0.2) is 0 Å². The molecular formula is C15H19Cl2N3. The van der Waals surface area contributed by atoms with E-state index in [1.807, 2.05) is 29.2 Å². The van der Waals surface area contributed by atoms with Gasteiger partial charge < -0.3 is 5.32 Å². The summed E-state index contributed by atoms with van der Waals surface area (Å²) in [6.45, 7) is 7.84. The molecule has 1 aromatic carbocycles. The van der Waals surface area contributed by atoms with Crippen LogP contribution in [0.25, 0.3) is 0 Å². The first kappa shape index (κ1) is 15.4. The summed E-state index contributed by atoms with van der Waals surface area (Å²) < 4.78 is 1.87. The van der Waals surface area contributed by atoms with Crippen molar-refractivity contribution in [1.82, 2.24) is 15.1 Å². The highest BCUT2D eigenvalue weighted by Crippen LogP contribution is 2.26. The number of nitrogens with zero attached hydrogens (tertiary/aromatic N) is 2. The van der Waals surface area contributed by atoms with E-state index in [1.165, 1.54) is 0 Å². The number of aromatic nitrogens is 2. The van der Waals surface area contributed by atoms with Gasteiger partial charge >= 0.3 is 0 Å². The van der Waals surface area contributed by atoms with Gasteiger partial charge in [-0.2, -0.15) is 5.10 Å². The fraction of sp³-hybridized carbons (Fsp3) is 0.400. The van der Waals surface area contributed by atoms with Gasteiger partial charge in [-0.1, -0.05) is 35.3 Å². The van der Waals surface area contributed by atoms with Crippen LogP contribution in [-0.2, 0) is 13.1 Å². The van der Waals surface area contributed by atoms with Crippen LogP contribution in [0.4, 0.5) is 0 Å². The van der Waals surface area contributed by atoms with Gasteiger partial charge in [0, 0.05) is 23.8 Å². The Kier molecular flexibility index (Phi) is 4.74. The van der Waals surface area contributed by atoms with Crippen LogP contribution >= 0.6 is 23.2 Å².